The normalized spacial score (nSPS) is 32.8. The molecule has 0 aliphatic carbocycles. The average molecular weight is 257 g/mol. The summed E-state index contributed by atoms with van der Waals surface area (Å²) in [5.41, 5.74) is 0.962. The highest BCUT2D eigenvalue weighted by Gasteiger charge is 2.44. The highest BCUT2D eigenvalue weighted by Crippen LogP contribution is 2.33. The molecule has 19 heavy (non-hydrogen) atoms. The molecule has 0 spiro atoms. The van der Waals surface area contributed by atoms with Crippen LogP contribution in [0.1, 0.15) is 46.4 Å². The Bertz CT molecular complexity index is 525. The van der Waals surface area contributed by atoms with Crippen molar-refractivity contribution in [1.82, 2.24) is 15.2 Å². The molecule has 2 fully saturated rings. The van der Waals surface area contributed by atoms with Crippen molar-refractivity contribution in [3.63, 3.8) is 0 Å². The molecule has 1 aromatic heterocycles. The van der Waals surface area contributed by atoms with Gasteiger partial charge in [0.2, 0.25) is 0 Å². The lowest BCUT2D eigenvalue weighted by atomic mass is 9.98. The van der Waals surface area contributed by atoms with E-state index >= 15 is 0 Å². The fourth-order valence-electron chi connectivity index (χ4n) is 3.67. The van der Waals surface area contributed by atoms with Crippen LogP contribution in [-0.2, 0) is 0 Å². The van der Waals surface area contributed by atoms with E-state index in [1.807, 2.05) is 0 Å². The number of aromatic nitrogens is 1. The van der Waals surface area contributed by atoms with E-state index in [1.54, 1.807) is 12.3 Å². The molecule has 2 amide bonds. The zero-order valence-corrected chi connectivity index (χ0v) is 10.5. The third-order valence-electron chi connectivity index (χ3n) is 4.53. The smallest absolute Gasteiger partial charge is 0.263 e. The Morgan fingerprint density at radius 2 is 1.79 bits per heavy atom. The fraction of sp³-hybridized carbons (Fsp3) is 0.500. The third-order valence-corrected chi connectivity index (χ3v) is 4.53. The number of rotatable bonds is 1. The van der Waals surface area contributed by atoms with Crippen molar-refractivity contribution in [1.29, 1.82) is 0 Å². The van der Waals surface area contributed by atoms with Crippen LogP contribution in [0.25, 0.3) is 0 Å². The summed E-state index contributed by atoms with van der Waals surface area (Å²) < 4.78 is 0. The van der Waals surface area contributed by atoms with Crippen LogP contribution in [-0.4, -0.2) is 39.8 Å². The first-order chi connectivity index (χ1) is 9.24. The molecule has 4 heterocycles. The number of nitrogens with one attached hydrogen (secondary N) is 1. The van der Waals surface area contributed by atoms with E-state index in [-0.39, 0.29) is 17.9 Å². The number of nitrogens with zero attached hydrogens (tertiary/aromatic N) is 2. The Morgan fingerprint density at radius 1 is 1.11 bits per heavy atom. The van der Waals surface area contributed by atoms with Crippen molar-refractivity contribution >= 4 is 11.8 Å². The summed E-state index contributed by atoms with van der Waals surface area (Å²) in [5, 5.41) is 3.53. The Labute approximate surface area is 111 Å². The molecule has 2 unspecified atom stereocenters. The summed E-state index contributed by atoms with van der Waals surface area (Å²) in [6, 6.07) is 2.62. The molecule has 5 heteroatoms. The fourth-order valence-corrected chi connectivity index (χ4v) is 3.67. The predicted octanol–water partition coefficient (Wildman–Crippen LogP) is 0.961. The van der Waals surface area contributed by atoms with E-state index in [2.05, 4.69) is 10.3 Å². The SMILES string of the molecule is O=C1c2ccncc2C(=O)N1C1CC2CCC(C1)N2. The summed E-state index contributed by atoms with van der Waals surface area (Å²) >= 11 is 0. The highest BCUT2D eigenvalue weighted by molar-refractivity contribution is 6.21. The highest BCUT2D eigenvalue weighted by atomic mass is 16.2. The van der Waals surface area contributed by atoms with Gasteiger partial charge in [-0.3, -0.25) is 19.5 Å². The van der Waals surface area contributed by atoms with Crippen LogP contribution in [0.5, 0.6) is 0 Å². The van der Waals surface area contributed by atoms with Crippen molar-refractivity contribution in [2.45, 2.75) is 43.8 Å². The van der Waals surface area contributed by atoms with Gasteiger partial charge in [0.1, 0.15) is 0 Å². The second kappa shape index (κ2) is 3.87. The van der Waals surface area contributed by atoms with E-state index in [0.717, 1.165) is 25.7 Å². The minimum atomic E-state index is -0.167. The van der Waals surface area contributed by atoms with Gasteiger partial charge in [-0.2, -0.15) is 0 Å². The van der Waals surface area contributed by atoms with Crippen molar-refractivity contribution < 1.29 is 9.59 Å². The van der Waals surface area contributed by atoms with E-state index in [4.69, 9.17) is 0 Å². The van der Waals surface area contributed by atoms with Crippen LogP contribution < -0.4 is 5.32 Å². The molecule has 0 aromatic carbocycles. The van der Waals surface area contributed by atoms with Gasteiger partial charge in [0.05, 0.1) is 11.1 Å². The summed E-state index contributed by atoms with van der Waals surface area (Å²) in [7, 11) is 0. The molecule has 1 aromatic rings. The van der Waals surface area contributed by atoms with Gasteiger partial charge in [0.25, 0.3) is 11.8 Å². The van der Waals surface area contributed by atoms with Gasteiger partial charge < -0.3 is 5.32 Å². The van der Waals surface area contributed by atoms with Crippen molar-refractivity contribution in [3.05, 3.63) is 29.6 Å². The quantitative estimate of drug-likeness (QED) is 0.761. The largest absolute Gasteiger partial charge is 0.311 e. The second-order valence-corrected chi connectivity index (χ2v) is 5.66. The monoisotopic (exact) mass is 257 g/mol. The minimum Gasteiger partial charge on any atom is -0.311 e. The van der Waals surface area contributed by atoms with Gasteiger partial charge in [-0.1, -0.05) is 0 Å². The number of amides is 2. The van der Waals surface area contributed by atoms with Crippen LogP contribution >= 0.6 is 0 Å². The van der Waals surface area contributed by atoms with Gasteiger partial charge in [0.15, 0.2) is 0 Å². The summed E-state index contributed by atoms with van der Waals surface area (Å²) in [5.74, 6) is -0.312. The molecule has 0 saturated carbocycles. The van der Waals surface area contributed by atoms with E-state index in [1.165, 1.54) is 11.1 Å². The minimum absolute atomic E-state index is 0.0474. The van der Waals surface area contributed by atoms with Crippen LogP contribution in [0, 0.1) is 0 Å². The van der Waals surface area contributed by atoms with Crippen LogP contribution in [0.15, 0.2) is 18.5 Å². The maximum Gasteiger partial charge on any atom is 0.263 e. The second-order valence-electron chi connectivity index (χ2n) is 5.66. The number of carbonyl (C=O) groups excluding carboxylic acids is 2. The number of hydrogen-bond acceptors (Lipinski definition) is 4. The molecule has 5 nitrogen and oxygen atoms in total. The number of carbonyl (C=O) groups is 2. The number of pyridine rings is 1. The summed E-state index contributed by atoms with van der Waals surface area (Å²) in [4.78, 5) is 30.2. The van der Waals surface area contributed by atoms with Gasteiger partial charge in [-0.25, -0.2) is 0 Å². The summed E-state index contributed by atoms with van der Waals surface area (Å²) in [6.45, 7) is 0. The van der Waals surface area contributed by atoms with Crippen LogP contribution in [0.4, 0.5) is 0 Å². The first kappa shape index (κ1) is 11.1. The maximum absolute atomic E-state index is 12.4. The molecule has 2 atom stereocenters. The zero-order chi connectivity index (χ0) is 13.0. The van der Waals surface area contributed by atoms with Crippen LogP contribution in [0.2, 0.25) is 0 Å². The van der Waals surface area contributed by atoms with E-state index in [9.17, 15) is 9.59 Å². The van der Waals surface area contributed by atoms with Crippen molar-refractivity contribution in [2.75, 3.05) is 0 Å². The third kappa shape index (κ3) is 1.54. The first-order valence-corrected chi connectivity index (χ1v) is 6.82. The number of piperidine rings is 1. The number of imide groups is 1. The Morgan fingerprint density at radius 3 is 2.47 bits per heavy atom. The molecule has 3 aliphatic heterocycles. The Hall–Kier alpha value is -1.75. The Balaban J connectivity index is 1.67. The number of fused-ring (bicyclic) bond motifs is 3. The first-order valence-electron chi connectivity index (χ1n) is 6.82. The maximum atomic E-state index is 12.4. The topological polar surface area (TPSA) is 62.3 Å². The molecule has 3 aliphatic rings. The van der Waals surface area contributed by atoms with Crippen molar-refractivity contribution in [3.8, 4) is 0 Å². The molecular formula is C14H15N3O2. The van der Waals surface area contributed by atoms with Crippen molar-refractivity contribution in [2.24, 2.45) is 0 Å². The average Bonchev–Trinajstić information content (AvgIpc) is 2.89. The number of hydrogen-bond donors (Lipinski definition) is 1. The Kier molecular flexibility index (Phi) is 2.26. The molecule has 0 radical (unpaired) electrons. The molecule has 1 N–H and O–H groups in total. The lowest BCUT2D eigenvalue weighted by Gasteiger charge is -2.34. The molecule has 2 bridgehead atoms. The van der Waals surface area contributed by atoms with Gasteiger partial charge in [0, 0.05) is 30.5 Å². The molecule has 4 rings (SSSR count). The predicted molar refractivity (Wildman–Crippen MR) is 67.7 cm³/mol. The van der Waals surface area contributed by atoms with E-state index < -0.39 is 0 Å². The molecular weight excluding hydrogens is 242 g/mol. The van der Waals surface area contributed by atoms with Gasteiger partial charge in [-0.05, 0) is 31.7 Å². The zero-order valence-electron chi connectivity index (χ0n) is 10.5. The molecule has 98 valence electrons. The lowest BCUT2D eigenvalue weighted by molar-refractivity contribution is 0.0536. The lowest BCUT2D eigenvalue weighted by Crippen LogP contribution is -2.50. The molecule has 2 saturated heterocycles. The van der Waals surface area contributed by atoms with Gasteiger partial charge in [-0.15, -0.1) is 0 Å². The summed E-state index contributed by atoms with van der Waals surface area (Å²) in [6.07, 6.45) is 7.16. The standard InChI is InChI=1S/C14H15N3O2/c18-13-11-3-4-15-7-12(11)14(19)17(13)10-5-8-1-2-9(6-10)16-8/h3-4,7-10,16H,1-2,5-6H2. The van der Waals surface area contributed by atoms with Gasteiger partial charge >= 0.3 is 0 Å². The van der Waals surface area contributed by atoms with E-state index in [0.29, 0.717) is 23.2 Å². The van der Waals surface area contributed by atoms with Crippen LogP contribution in [0.3, 0.4) is 0 Å².